The number of hydrogen-bond donors (Lipinski definition) is 2. The van der Waals surface area contributed by atoms with Crippen LogP contribution in [0.5, 0.6) is 5.75 Å². The second kappa shape index (κ2) is 5.58. The second-order valence-corrected chi connectivity index (χ2v) is 4.35. The van der Waals surface area contributed by atoms with Crippen molar-refractivity contribution >= 4 is 0 Å². The van der Waals surface area contributed by atoms with Gasteiger partial charge in [-0.15, -0.1) is 0 Å². The molecule has 1 heterocycles. The first kappa shape index (κ1) is 12.5. The van der Waals surface area contributed by atoms with Crippen molar-refractivity contribution in [2.45, 2.75) is 26.7 Å². The third kappa shape index (κ3) is 2.83. The van der Waals surface area contributed by atoms with Crippen molar-refractivity contribution in [3.8, 4) is 5.75 Å². The predicted molar refractivity (Wildman–Crippen MR) is 71.2 cm³/mol. The summed E-state index contributed by atoms with van der Waals surface area (Å²) in [5.74, 6) is 0.875. The Bertz CT molecular complexity index is 552. The monoisotopic (exact) mass is 246 g/mol. The highest BCUT2D eigenvalue weighted by molar-refractivity contribution is 5.31. The molecule has 0 unspecified atom stereocenters. The van der Waals surface area contributed by atoms with Gasteiger partial charge in [-0.1, -0.05) is 19.1 Å². The van der Waals surface area contributed by atoms with Crippen LogP contribution < -0.4 is 10.3 Å². The van der Waals surface area contributed by atoms with Crippen LogP contribution in [-0.2, 0) is 6.42 Å². The van der Waals surface area contributed by atoms with Crippen LogP contribution in [0, 0.1) is 6.92 Å². The van der Waals surface area contributed by atoms with Crippen molar-refractivity contribution in [1.29, 1.82) is 0 Å². The van der Waals surface area contributed by atoms with Crippen LogP contribution in [-0.4, -0.2) is 16.8 Å². The number of aromatic amines is 2. The van der Waals surface area contributed by atoms with Gasteiger partial charge >= 0.3 is 0 Å². The lowest BCUT2D eigenvalue weighted by atomic mass is 10.1. The van der Waals surface area contributed by atoms with Crippen LogP contribution in [0.15, 0.2) is 29.1 Å². The van der Waals surface area contributed by atoms with Gasteiger partial charge in [-0.3, -0.25) is 9.89 Å². The van der Waals surface area contributed by atoms with E-state index in [9.17, 15) is 4.79 Å². The van der Waals surface area contributed by atoms with E-state index in [1.165, 1.54) is 0 Å². The molecule has 0 fully saturated rings. The smallest absolute Gasteiger partial charge is 0.267 e. The summed E-state index contributed by atoms with van der Waals surface area (Å²) >= 11 is 0. The molecule has 2 N–H and O–H groups in total. The summed E-state index contributed by atoms with van der Waals surface area (Å²) < 4.78 is 5.52. The Kier molecular flexibility index (Phi) is 3.87. The molecule has 0 saturated heterocycles. The molecular formula is C14H18N2O2. The summed E-state index contributed by atoms with van der Waals surface area (Å²) in [5, 5.41) is 5.43. The van der Waals surface area contributed by atoms with Gasteiger partial charge in [0.2, 0.25) is 0 Å². The number of aromatic nitrogens is 2. The molecule has 0 saturated carbocycles. The molecule has 4 nitrogen and oxygen atoms in total. The molecule has 2 rings (SSSR count). The van der Waals surface area contributed by atoms with E-state index in [1.54, 1.807) is 0 Å². The van der Waals surface area contributed by atoms with Crippen LogP contribution >= 0.6 is 0 Å². The lowest BCUT2D eigenvalue weighted by Crippen LogP contribution is -2.06. The number of ether oxygens (including phenoxy) is 1. The molecule has 0 bridgehead atoms. The zero-order chi connectivity index (χ0) is 13.0. The average Bonchev–Trinajstić information content (AvgIpc) is 2.70. The molecule has 0 aliphatic carbocycles. The summed E-state index contributed by atoms with van der Waals surface area (Å²) in [4.78, 5) is 11.5. The van der Waals surface area contributed by atoms with E-state index in [0.29, 0.717) is 6.42 Å². The molecule has 96 valence electrons. The molecule has 18 heavy (non-hydrogen) atoms. The fourth-order valence-electron chi connectivity index (χ4n) is 1.81. The highest BCUT2D eigenvalue weighted by Crippen LogP contribution is 2.15. The second-order valence-electron chi connectivity index (χ2n) is 4.35. The molecule has 0 amide bonds. The summed E-state index contributed by atoms with van der Waals surface area (Å²) in [7, 11) is 0. The Labute approximate surface area is 106 Å². The van der Waals surface area contributed by atoms with E-state index in [1.807, 2.05) is 31.2 Å². The van der Waals surface area contributed by atoms with E-state index >= 15 is 0 Å². The van der Waals surface area contributed by atoms with Gasteiger partial charge in [0.25, 0.3) is 5.56 Å². The van der Waals surface area contributed by atoms with E-state index in [0.717, 1.165) is 35.6 Å². The zero-order valence-electron chi connectivity index (χ0n) is 10.7. The van der Waals surface area contributed by atoms with E-state index in [2.05, 4.69) is 17.1 Å². The number of rotatable bonds is 5. The van der Waals surface area contributed by atoms with E-state index in [-0.39, 0.29) is 5.56 Å². The molecule has 4 heteroatoms. The van der Waals surface area contributed by atoms with Gasteiger partial charge in [-0.2, -0.15) is 0 Å². The Morgan fingerprint density at radius 1 is 1.17 bits per heavy atom. The highest BCUT2D eigenvalue weighted by Gasteiger charge is 2.06. The quantitative estimate of drug-likeness (QED) is 0.851. The van der Waals surface area contributed by atoms with Crippen LogP contribution in [0.25, 0.3) is 0 Å². The Morgan fingerprint density at radius 3 is 2.44 bits per heavy atom. The Hall–Kier alpha value is -1.97. The van der Waals surface area contributed by atoms with Crippen LogP contribution in [0.2, 0.25) is 0 Å². The summed E-state index contributed by atoms with van der Waals surface area (Å²) in [6, 6.07) is 7.89. The topological polar surface area (TPSA) is 57.9 Å². The number of nitrogens with one attached hydrogen (secondary N) is 2. The average molecular weight is 246 g/mol. The molecule has 0 atom stereocenters. The number of benzene rings is 1. The number of hydrogen-bond acceptors (Lipinski definition) is 2. The molecular weight excluding hydrogens is 228 g/mol. The van der Waals surface area contributed by atoms with E-state index in [4.69, 9.17) is 4.74 Å². The third-order valence-electron chi connectivity index (χ3n) is 2.87. The molecule has 1 aromatic carbocycles. The van der Waals surface area contributed by atoms with Crippen molar-refractivity contribution in [2.24, 2.45) is 0 Å². The first-order valence-electron chi connectivity index (χ1n) is 6.18. The maximum absolute atomic E-state index is 11.5. The standard InChI is InChI=1S/C14H18N2O2/c1-3-8-18-12-6-4-11(5-7-12)9-13-10(2)15-16-14(13)17/h4-7H,3,8-9H2,1-2H3,(H2,15,16,17). The Balaban J connectivity index is 2.09. The third-order valence-corrected chi connectivity index (χ3v) is 2.87. The van der Waals surface area contributed by atoms with Crippen molar-refractivity contribution < 1.29 is 4.74 Å². The van der Waals surface area contributed by atoms with Crippen molar-refractivity contribution in [2.75, 3.05) is 6.61 Å². The van der Waals surface area contributed by atoms with Gasteiger partial charge in [0.1, 0.15) is 5.75 Å². The molecule has 0 aliphatic rings. The van der Waals surface area contributed by atoms with Crippen molar-refractivity contribution in [3.05, 3.63) is 51.4 Å². The largest absolute Gasteiger partial charge is 0.494 e. The van der Waals surface area contributed by atoms with Crippen LogP contribution in [0.3, 0.4) is 0 Å². The minimum absolute atomic E-state index is 0.0428. The molecule has 0 spiro atoms. The van der Waals surface area contributed by atoms with Crippen LogP contribution in [0.4, 0.5) is 0 Å². The number of aryl methyl sites for hydroxylation is 1. The normalized spacial score (nSPS) is 10.6. The maximum Gasteiger partial charge on any atom is 0.267 e. The fraction of sp³-hybridized carbons (Fsp3) is 0.357. The highest BCUT2D eigenvalue weighted by atomic mass is 16.5. The first-order valence-corrected chi connectivity index (χ1v) is 6.18. The van der Waals surface area contributed by atoms with Crippen LogP contribution in [0.1, 0.15) is 30.2 Å². The molecule has 0 aliphatic heterocycles. The van der Waals surface area contributed by atoms with Crippen molar-refractivity contribution in [1.82, 2.24) is 10.2 Å². The summed E-state index contributed by atoms with van der Waals surface area (Å²) in [6.45, 7) is 4.71. The predicted octanol–water partition coefficient (Wildman–Crippen LogP) is 2.39. The molecule has 0 radical (unpaired) electrons. The fourth-order valence-corrected chi connectivity index (χ4v) is 1.81. The minimum Gasteiger partial charge on any atom is -0.494 e. The lowest BCUT2D eigenvalue weighted by molar-refractivity contribution is 0.317. The van der Waals surface area contributed by atoms with Gasteiger partial charge in [0, 0.05) is 17.7 Å². The first-order chi connectivity index (χ1) is 8.70. The molecule has 2 aromatic rings. The number of H-pyrrole nitrogens is 2. The lowest BCUT2D eigenvalue weighted by Gasteiger charge is -2.05. The molecule has 1 aromatic heterocycles. The van der Waals surface area contributed by atoms with Gasteiger partial charge in [-0.05, 0) is 31.0 Å². The SMILES string of the molecule is CCCOc1ccc(Cc2c(C)[nH][nH]c2=O)cc1. The van der Waals surface area contributed by atoms with Gasteiger partial charge in [0.15, 0.2) is 0 Å². The van der Waals surface area contributed by atoms with Gasteiger partial charge in [-0.25, -0.2) is 0 Å². The van der Waals surface area contributed by atoms with Gasteiger partial charge in [0.05, 0.1) is 6.61 Å². The Morgan fingerprint density at radius 2 is 1.89 bits per heavy atom. The zero-order valence-corrected chi connectivity index (χ0v) is 10.7. The minimum atomic E-state index is -0.0428. The van der Waals surface area contributed by atoms with Gasteiger partial charge < -0.3 is 9.84 Å². The maximum atomic E-state index is 11.5. The van der Waals surface area contributed by atoms with E-state index < -0.39 is 0 Å². The van der Waals surface area contributed by atoms with Crippen molar-refractivity contribution in [3.63, 3.8) is 0 Å². The summed E-state index contributed by atoms with van der Waals surface area (Å²) in [6.07, 6.45) is 1.64. The summed E-state index contributed by atoms with van der Waals surface area (Å²) in [5.41, 5.74) is 2.74.